The Morgan fingerprint density at radius 3 is 2.20 bits per heavy atom. The van der Waals surface area contributed by atoms with Gasteiger partial charge < -0.3 is 0 Å². The Morgan fingerprint density at radius 2 is 1.53 bits per heavy atom. The van der Waals surface area contributed by atoms with Crippen LogP contribution in [0.25, 0.3) is 11.4 Å². The van der Waals surface area contributed by atoms with E-state index in [0.717, 1.165) is 22.9 Å². The highest BCUT2D eigenvalue weighted by molar-refractivity contribution is 8.00. The van der Waals surface area contributed by atoms with Crippen LogP contribution in [0.3, 0.4) is 0 Å². The molecule has 0 fully saturated rings. The fourth-order valence-electron chi connectivity index (χ4n) is 2.80. The zero-order chi connectivity index (χ0) is 21.1. The van der Waals surface area contributed by atoms with E-state index in [1.165, 1.54) is 18.3 Å². The summed E-state index contributed by atoms with van der Waals surface area (Å²) in [6, 6.07) is 21.8. The van der Waals surface area contributed by atoms with Crippen molar-refractivity contribution in [2.24, 2.45) is 0 Å². The summed E-state index contributed by atoms with van der Waals surface area (Å²) < 4.78 is 39.9. The number of benzene rings is 3. The van der Waals surface area contributed by atoms with Gasteiger partial charge in [-0.1, -0.05) is 59.8 Å². The molecule has 0 amide bonds. The molecule has 0 atom stereocenters. The van der Waals surface area contributed by atoms with Crippen molar-refractivity contribution in [1.82, 2.24) is 9.97 Å². The Morgan fingerprint density at radius 1 is 0.867 bits per heavy atom. The van der Waals surface area contributed by atoms with Crippen molar-refractivity contribution in [3.8, 4) is 11.4 Å². The van der Waals surface area contributed by atoms with E-state index in [9.17, 15) is 12.8 Å². The van der Waals surface area contributed by atoms with Gasteiger partial charge in [0.05, 0.1) is 11.1 Å². The quantitative estimate of drug-likeness (QED) is 0.383. The molecule has 3 aromatic carbocycles. The molecule has 0 aliphatic heterocycles. The average Bonchev–Trinajstić information content (AvgIpc) is 2.76. The van der Waals surface area contributed by atoms with Gasteiger partial charge in [0.2, 0.25) is 9.84 Å². The van der Waals surface area contributed by atoms with E-state index in [-0.39, 0.29) is 20.6 Å². The van der Waals surface area contributed by atoms with Crippen LogP contribution in [0.4, 0.5) is 4.39 Å². The van der Waals surface area contributed by atoms with Crippen LogP contribution in [0.2, 0.25) is 0 Å². The molecule has 0 saturated carbocycles. The second kappa shape index (κ2) is 8.38. The van der Waals surface area contributed by atoms with Crippen LogP contribution >= 0.6 is 11.8 Å². The van der Waals surface area contributed by atoms with Gasteiger partial charge in [-0.05, 0) is 43.3 Å². The number of aromatic nitrogens is 2. The van der Waals surface area contributed by atoms with E-state index in [1.807, 2.05) is 37.3 Å². The van der Waals surface area contributed by atoms with Crippen molar-refractivity contribution in [3.63, 3.8) is 0 Å². The summed E-state index contributed by atoms with van der Waals surface area (Å²) in [7, 11) is -3.83. The Kier molecular flexibility index (Phi) is 5.65. The van der Waals surface area contributed by atoms with Crippen LogP contribution in [0, 0.1) is 12.7 Å². The summed E-state index contributed by atoms with van der Waals surface area (Å²) in [4.78, 5) is 9.72. The van der Waals surface area contributed by atoms with Crippen LogP contribution in [0.5, 0.6) is 0 Å². The number of hydrogen-bond acceptors (Lipinski definition) is 5. The van der Waals surface area contributed by atoms with Crippen LogP contribution in [0.15, 0.2) is 105 Å². The Hall–Kier alpha value is -3.03. The molecule has 150 valence electrons. The lowest BCUT2D eigenvalue weighted by Gasteiger charge is -2.11. The first-order chi connectivity index (χ1) is 14.4. The van der Waals surface area contributed by atoms with Gasteiger partial charge in [-0.25, -0.2) is 22.8 Å². The van der Waals surface area contributed by atoms with Crippen LogP contribution in [-0.2, 0) is 9.84 Å². The summed E-state index contributed by atoms with van der Waals surface area (Å²) >= 11 is 1.16. The Balaban J connectivity index is 1.84. The standard InChI is InChI=1S/C23H17FN2O2S2/c1-16-7-13-20(14-8-16)30(27,28)21-15-25-22(17-5-3-2-4-6-17)26-23(21)29-19-11-9-18(24)10-12-19/h2-15H,1H3. The Labute approximate surface area is 178 Å². The topological polar surface area (TPSA) is 59.9 Å². The summed E-state index contributed by atoms with van der Waals surface area (Å²) in [5.41, 5.74) is 1.74. The van der Waals surface area contributed by atoms with Gasteiger partial charge in [-0.15, -0.1) is 0 Å². The van der Waals surface area contributed by atoms with Gasteiger partial charge in [0.15, 0.2) is 5.82 Å². The molecule has 0 saturated heterocycles. The maximum atomic E-state index is 13.3. The van der Waals surface area contributed by atoms with E-state index in [0.29, 0.717) is 10.7 Å². The van der Waals surface area contributed by atoms with Crippen molar-refractivity contribution in [3.05, 3.63) is 96.4 Å². The van der Waals surface area contributed by atoms with Crippen LogP contribution in [-0.4, -0.2) is 18.4 Å². The molecule has 1 heterocycles. The predicted octanol–water partition coefficient (Wildman–Crippen LogP) is 5.58. The largest absolute Gasteiger partial charge is 0.235 e. The van der Waals surface area contributed by atoms with E-state index in [4.69, 9.17) is 0 Å². The predicted molar refractivity (Wildman–Crippen MR) is 115 cm³/mol. The molecule has 0 bridgehead atoms. The first kappa shape index (κ1) is 20.3. The summed E-state index contributed by atoms with van der Waals surface area (Å²) in [6.45, 7) is 1.89. The zero-order valence-electron chi connectivity index (χ0n) is 16.0. The number of rotatable bonds is 5. The molecular weight excluding hydrogens is 419 g/mol. The third-order valence-corrected chi connectivity index (χ3v) is 7.32. The molecule has 0 radical (unpaired) electrons. The minimum absolute atomic E-state index is 0.0142. The third kappa shape index (κ3) is 4.27. The highest BCUT2D eigenvalue weighted by Gasteiger charge is 2.24. The molecule has 0 aliphatic rings. The van der Waals surface area contributed by atoms with Gasteiger partial charge >= 0.3 is 0 Å². The molecule has 0 N–H and O–H groups in total. The SMILES string of the molecule is Cc1ccc(S(=O)(=O)c2cnc(-c3ccccc3)nc2Sc2ccc(F)cc2)cc1. The molecular formula is C23H17FN2O2S2. The fourth-order valence-corrected chi connectivity index (χ4v) is 5.25. The number of nitrogens with zero attached hydrogens (tertiary/aromatic N) is 2. The number of aryl methyl sites for hydroxylation is 1. The van der Waals surface area contributed by atoms with Crippen molar-refractivity contribution < 1.29 is 12.8 Å². The van der Waals surface area contributed by atoms with Gasteiger partial charge in [-0.2, -0.15) is 0 Å². The highest BCUT2D eigenvalue weighted by atomic mass is 32.2. The van der Waals surface area contributed by atoms with Crippen molar-refractivity contribution in [1.29, 1.82) is 0 Å². The molecule has 0 unspecified atom stereocenters. The second-order valence-electron chi connectivity index (χ2n) is 6.60. The lowest BCUT2D eigenvalue weighted by Crippen LogP contribution is -2.07. The minimum Gasteiger partial charge on any atom is -0.235 e. The lowest BCUT2D eigenvalue weighted by atomic mass is 10.2. The molecule has 1 aromatic heterocycles. The lowest BCUT2D eigenvalue weighted by molar-refractivity contribution is 0.592. The zero-order valence-corrected chi connectivity index (χ0v) is 17.6. The average molecular weight is 437 g/mol. The highest BCUT2D eigenvalue weighted by Crippen LogP contribution is 2.35. The van der Waals surface area contributed by atoms with Crippen molar-refractivity contribution >= 4 is 21.6 Å². The van der Waals surface area contributed by atoms with E-state index in [2.05, 4.69) is 9.97 Å². The van der Waals surface area contributed by atoms with Gasteiger partial charge in [-0.3, -0.25) is 0 Å². The maximum Gasteiger partial charge on any atom is 0.210 e. The fraction of sp³-hybridized carbons (Fsp3) is 0.0435. The second-order valence-corrected chi connectivity index (χ2v) is 9.58. The van der Waals surface area contributed by atoms with Gasteiger partial charge in [0, 0.05) is 10.5 Å². The van der Waals surface area contributed by atoms with Gasteiger partial charge in [0.25, 0.3) is 0 Å². The molecule has 7 heteroatoms. The normalized spacial score (nSPS) is 11.4. The summed E-state index contributed by atoms with van der Waals surface area (Å²) in [6.07, 6.45) is 1.34. The molecule has 4 rings (SSSR count). The van der Waals surface area contributed by atoms with Crippen LogP contribution in [0.1, 0.15) is 5.56 Å². The monoisotopic (exact) mass is 436 g/mol. The van der Waals surface area contributed by atoms with Crippen molar-refractivity contribution in [2.45, 2.75) is 26.6 Å². The third-order valence-electron chi connectivity index (χ3n) is 4.40. The maximum absolute atomic E-state index is 13.3. The summed E-state index contributed by atoms with van der Waals surface area (Å²) in [5.74, 6) is 0.0579. The molecule has 4 nitrogen and oxygen atoms in total. The molecule has 0 aliphatic carbocycles. The molecule has 4 aromatic rings. The molecule has 0 spiro atoms. The van der Waals surface area contributed by atoms with Gasteiger partial charge in [0.1, 0.15) is 15.7 Å². The smallest absolute Gasteiger partial charge is 0.210 e. The first-order valence-electron chi connectivity index (χ1n) is 9.11. The first-order valence-corrected chi connectivity index (χ1v) is 11.4. The van der Waals surface area contributed by atoms with Crippen LogP contribution < -0.4 is 0 Å². The van der Waals surface area contributed by atoms with Crippen molar-refractivity contribution in [2.75, 3.05) is 0 Å². The molecule has 30 heavy (non-hydrogen) atoms. The Bertz CT molecular complexity index is 1280. The summed E-state index contributed by atoms with van der Waals surface area (Å²) in [5, 5.41) is 0.288. The van der Waals surface area contributed by atoms with E-state index in [1.54, 1.807) is 36.4 Å². The number of sulfone groups is 1. The number of halogens is 1. The van der Waals surface area contributed by atoms with E-state index < -0.39 is 9.84 Å². The van der Waals surface area contributed by atoms with E-state index >= 15 is 0 Å². The minimum atomic E-state index is -3.83. The number of hydrogen-bond donors (Lipinski definition) is 0.